The summed E-state index contributed by atoms with van der Waals surface area (Å²) in [6.45, 7) is 1.75. The highest BCUT2D eigenvalue weighted by Gasteiger charge is 2.19. The van der Waals surface area contributed by atoms with E-state index in [1.54, 1.807) is 31.2 Å². The fourth-order valence-corrected chi connectivity index (χ4v) is 2.42. The van der Waals surface area contributed by atoms with E-state index in [1.807, 2.05) is 0 Å². The van der Waals surface area contributed by atoms with Gasteiger partial charge < -0.3 is 10.1 Å². The number of amides is 1. The van der Waals surface area contributed by atoms with Gasteiger partial charge in [0, 0.05) is 22.7 Å². The second kappa shape index (κ2) is 7.76. The summed E-state index contributed by atoms with van der Waals surface area (Å²) in [5, 5.41) is 14.3. The maximum Gasteiger partial charge on any atom is 0.338 e. The van der Waals surface area contributed by atoms with Crippen LogP contribution in [-0.2, 0) is 4.74 Å². The molecule has 7 nitrogen and oxygen atoms in total. The lowest BCUT2D eigenvalue weighted by atomic mass is 10.1. The van der Waals surface area contributed by atoms with Crippen LogP contribution in [0.3, 0.4) is 0 Å². The van der Waals surface area contributed by atoms with Crippen molar-refractivity contribution in [3.05, 3.63) is 74.3 Å². The molecule has 25 heavy (non-hydrogen) atoms. The van der Waals surface area contributed by atoms with E-state index >= 15 is 0 Å². The van der Waals surface area contributed by atoms with Crippen LogP contribution in [0.2, 0.25) is 5.02 Å². The fraction of sp³-hybridized carbons (Fsp3) is 0.176. The van der Waals surface area contributed by atoms with Gasteiger partial charge in [0.25, 0.3) is 11.6 Å². The zero-order valence-corrected chi connectivity index (χ0v) is 14.2. The highest BCUT2D eigenvalue weighted by Crippen LogP contribution is 2.21. The largest absolute Gasteiger partial charge is 0.465 e. The smallest absolute Gasteiger partial charge is 0.338 e. The number of carbonyl (C=O) groups excluding carboxylic acids is 2. The zero-order valence-electron chi connectivity index (χ0n) is 13.5. The topological polar surface area (TPSA) is 98.5 Å². The second-order valence-electron chi connectivity index (χ2n) is 5.27. The minimum atomic E-state index is -0.763. The Morgan fingerprint density at radius 2 is 1.88 bits per heavy atom. The summed E-state index contributed by atoms with van der Waals surface area (Å²) >= 11 is 5.93. The number of hydrogen-bond acceptors (Lipinski definition) is 5. The Labute approximate surface area is 148 Å². The van der Waals surface area contributed by atoms with Crippen molar-refractivity contribution in [2.24, 2.45) is 0 Å². The molecule has 1 N–H and O–H groups in total. The predicted octanol–water partition coefficient (Wildman–Crippen LogP) is 3.53. The normalized spacial score (nSPS) is 11.5. The number of esters is 1. The number of nitro benzene ring substituents is 1. The molecule has 0 aliphatic heterocycles. The van der Waals surface area contributed by atoms with Crippen molar-refractivity contribution in [3.8, 4) is 0 Å². The van der Waals surface area contributed by atoms with Crippen molar-refractivity contribution in [3.63, 3.8) is 0 Å². The van der Waals surface area contributed by atoms with Gasteiger partial charge in [0.05, 0.1) is 23.6 Å². The Bertz CT molecular complexity index is 838. The SMILES string of the molecule is COC(=O)c1cc(C(=O)N[C@@H](C)c2cccc(Cl)c2)cc([N+](=O)[O-])c1. The molecule has 0 saturated heterocycles. The highest BCUT2D eigenvalue weighted by molar-refractivity contribution is 6.30. The Morgan fingerprint density at radius 3 is 2.48 bits per heavy atom. The molecule has 130 valence electrons. The Morgan fingerprint density at radius 1 is 1.20 bits per heavy atom. The summed E-state index contributed by atoms with van der Waals surface area (Å²) in [6.07, 6.45) is 0. The average Bonchev–Trinajstić information content (AvgIpc) is 2.60. The van der Waals surface area contributed by atoms with Gasteiger partial charge in [0.1, 0.15) is 0 Å². The lowest BCUT2D eigenvalue weighted by molar-refractivity contribution is -0.384. The molecule has 2 aromatic rings. The molecule has 0 heterocycles. The molecule has 0 aliphatic rings. The van der Waals surface area contributed by atoms with Crippen molar-refractivity contribution in [2.75, 3.05) is 7.11 Å². The number of carbonyl (C=O) groups is 2. The first kappa shape index (κ1) is 18.4. The molecule has 0 saturated carbocycles. The number of halogens is 1. The number of benzene rings is 2. The van der Waals surface area contributed by atoms with Crippen LogP contribution in [0.1, 0.15) is 39.2 Å². The lowest BCUT2D eigenvalue weighted by Crippen LogP contribution is -2.27. The average molecular weight is 363 g/mol. The molecule has 0 fully saturated rings. The molecule has 2 rings (SSSR count). The van der Waals surface area contributed by atoms with E-state index < -0.39 is 16.8 Å². The number of ether oxygens (including phenoxy) is 1. The number of nitro groups is 1. The monoisotopic (exact) mass is 362 g/mol. The molecule has 0 spiro atoms. The van der Waals surface area contributed by atoms with Crippen LogP contribution in [0.4, 0.5) is 5.69 Å². The van der Waals surface area contributed by atoms with Crippen LogP contribution in [0.15, 0.2) is 42.5 Å². The van der Waals surface area contributed by atoms with E-state index in [-0.39, 0.29) is 22.9 Å². The number of rotatable bonds is 5. The quantitative estimate of drug-likeness (QED) is 0.498. The third-order valence-corrected chi connectivity index (χ3v) is 3.74. The minimum Gasteiger partial charge on any atom is -0.465 e. The lowest BCUT2D eigenvalue weighted by Gasteiger charge is -2.15. The molecule has 1 atom stereocenters. The van der Waals surface area contributed by atoms with Crippen molar-refractivity contribution in [1.82, 2.24) is 5.32 Å². The van der Waals surface area contributed by atoms with Crippen LogP contribution >= 0.6 is 11.6 Å². The van der Waals surface area contributed by atoms with Crippen LogP contribution in [-0.4, -0.2) is 23.9 Å². The van der Waals surface area contributed by atoms with Gasteiger partial charge in [0.15, 0.2) is 0 Å². The molecule has 1 amide bonds. The van der Waals surface area contributed by atoms with Gasteiger partial charge >= 0.3 is 5.97 Å². The Kier molecular flexibility index (Phi) is 5.71. The number of non-ortho nitro benzene ring substituents is 1. The number of hydrogen-bond donors (Lipinski definition) is 1. The van der Waals surface area contributed by atoms with Crippen LogP contribution in [0, 0.1) is 10.1 Å². The number of methoxy groups -OCH3 is 1. The Hall–Kier alpha value is -2.93. The first-order valence-corrected chi connectivity index (χ1v) is 7.63. The van der Waals surface area contributed by atoms with E-state index in [0.29, 0.717) is 5.02 Å². The minimum absolute atomic E-state index is 0.0107. The maximum absolute atomic E-state index is 12.4. The van der Waals surface area contributed by atoms with Gasteiger partial charge in [-0.25, -0.2) is 4.79 Å². The molecule has 0 radical (unpaired) electrons. The summed E-state index contributed by atoms with van der Waals surface area (Å²) in [7, 11) is 1.15. The van der Waals surface area contributed by atoms with Crippen LogP contribution in [0.5, 0.6) is 0 Å². The number of nitrogens with one attached hydrogen (secondary N) is 1. The summed E-state index contributed by atoms with van der Waals surface area (Å²) in [5.74, 6) is -1.32. The van der Waals surface area contributed by atoms with Crippen LogP contribution in [0.25, 0.3) is 0 Å². The van der Waals surface area contributed by atoms with Crippen molar-refractivity contribution >= 4 is 29.2 Å². The van der Waals surface area contributed by atoms with E-state index in [1.165, 1.54) is 6.07 Å². The summed E-state index contributed by atoms with van der Waals surface area (Å²) < 4.78 is 4.56. The first-order chi connectivity index (χ1) is 11.8. The molecule has 0 aromatic heterocycles. The van der Waals surface area contributed by atoms with Gasteiger partial charge in [-0.3, -0.25) is 14.9 Å². The summed E-state index contributed by atoms with van der Waals surface area (Å²) in [6, 6.07) is 10.00. The van der Waals surface area contributed by atoms with Gasteiger partial charge in [-0.05, 0) is 30.7 Å². The first-order valence-electron chi connectivity index (χ1n) is 7.26. The van der Waals surface area contributed by atoms with E-state index in [9.17, 15) is 19.7 Å². The molecular formula is C17H15ClN2O5. The molecular weight excluding hydrogens is 348 g/mol. The Balaban J connectivity index is 2.30. The van der Waals surface area contributed by atoms with Crippen molar-refractivity contribution in [1.29, 1.82) is 0 Å². The van der Waals surface area contributed by atoms with E-state index in [0.717, 1.165) is 24.8 Å². The number of nitrogens with zero attached hydrogens (tertiary/aromatic N) is 1. The van der Waals surface area contributed by atoms with Gasteiger partial charge in [-0.1, -0.05) is 23.7 Å². The van der Waals surface area contributed by atoms with Gasteiger partial charge in [0.2, 0.25) is 0 Å². The molecule has 0 unspecified atom stereocenters. The third-order valence-electron chi connectivity index (χ3n) is 3.51. The van der Waals surface area contributed by atoms with E-state index in [4.69, 9.17) is 11.6 Å². The maximum atomic E-state index is 12.4. The standard InChI is InChI=1S/C17H15ClN2O5/c1-10(11-4-3-5-14(18)7-11)19-16(21)12-6-13(17(22)25-2)9-15(8-12)20(23)24/h3-10H,1-2H3,(H,19,21)/t10-/m0/s1. The zero-order chi connectivity index (χ0) is 18.6. The third kappa shape index (κ3) is 4.54. The molecule has 8 heteroatoms. The summed E-state index contributed by atoms with van der Waals surface area (Å²) in [5.41, 5.74) is 0.323. The fourth-order valence-electron chi connectivity index (χ4n) is 2.22. The van der Waals surface area contributed by atoms with Crippen molar-refractivity contribution < 1.29 is 19.2 Å². The highest BCUT2D eigenvalue weighted by atomic mass is 35.5. The second-order valence-corrected chi connectivity index (χ2v) is 5.70. The van der Waals surface area contributed by atoms with E-state index in [2.05, 4.69) is 10.1 Å². The van der Waals surface area contributed by atoms with Gasteiger partial charge in [-0.2, -0.15) is 0 Å². The van der Waals surface area contributed by atoms with Crippen LogP contribution < -0.4 is 5.32 Å². The molecule has 0 bridgehead atoms. The van der Waals surface area contributed by atoms with Gasteiger partial charge in [-0.15, -0.1) is 0 Å². The summed E-state index contributed by atoms with van der Waals surface area (Å²) in [4.78, 5) is 34.4. The predicted molar refractivity (Wildman–Crippen MR) is 91.8 cm³/mol. The molecule has 2 aromatic carbocycles. The molecule has 0 aliphatic carbocycles. The van der Waals surface area contributed by atoms with Crippen molar-refractivity contribution in [2.45, 2.75) is 13.0 Å².